The van der Waals surface area contributed by atoms with Gasteiger partial charge in [0.2, 0.25) is 0 Å². The first-order valence-corrected chi connectivity index (χ1v) is 17.0. The molecule has 4 N–H and O–H groups in total. The first-order chi connectivity index (χ1) is 21.8. The van der Waals surface area contributed by atoms with Crippen LogP contribution in [0.15, 0.2) is 77.7 Å². The van der Waals surface area contributed by atoms with Crippen LogP contribution in [0.5, 0.6) is 0 Å². The van der Waals surface area contributed by atoms with Crippen LogP contribution in [0.25, 0.3) is 0 Å². The first kappa shape index (κ1) is 30.3. The molecule has 0 aromatic heterocycles. The highest BCUT2D eigenvalue weighted by Gasteiger charge is 2.51. The summed E-state index contributed by atoms with van der Waals surface area (Å²) in [4.78, 5) is 25.3. The lowest BCUT2D eigenvalue weighted by atomic mass is 9.53. The lowest BCUT2D eigenvalue weighted by Crippen LogP contribution is -2.60. The molecule has 0 radical (unpaired) electrons. The predicted molar refractivity (Wildman–Crippen MR) is 172 cm³/mol. The maximum absolute atomic E-state index is 13.1. The van der Waals surface area contributed by atoms with Gasteiger partial charge in [-0.15, -0.1) is 11.8 Å². The summed E-state index contributed by atoms with van der Waals surface area (Å²) < 4.78 is 12.9. The number of anilines is 1. The Labute approximate surface area is 267 Å². The predicted octanol–water partition coefficient (Wildman–Crippen LogP) is 7.31. The molecule has 9 heteroatoms. The highest BCUT2D eigenvalue weighted by atomic mass is 32.2. The Morgan fingerprint density at radius 3 is 2.02 bits per heavy atom. The summed E-state index contributed by atoms with van der Waals surface area (Å²) in [5.41, 5.74) is 3.66. The van der Waals surface area contributed by atoms with Crippen LogP contribution in [-0.2, 0) is 16.1 Å². The minimum atomic E-state index is -0.943. The van der Waals surface area contributed by atoms with Gasteiger partial charge in [-0.05, 0) is 104 Å². The van der Waals surface area contributed by atoms with Crippen molar-refractivity contribution in [2.75, 3.05) is 11.1 Å². The summed E-state index contributed by atoms with van der Waals surface area (Å²) in [7, 11) is 0. The van der Waals surface area contributed by atoms with Crippen LogP contribution >= 0.6 is 11.8 Å². The van der Waals surface area contributed by atoms with Gasteiger partial charge in [-0.3, -0.25) is 0 Å². The van der Waals surface area contributed by atoms with E-state index < -0.39 is 12.3 Å². The molecule has 45 heavy (non-hydrogen) atoms. The molecule has 8 nitrogen and oxygen atoms in total. The van der Waals surface area contributed by atoms with Gasteiger partial charge in [-0.25, -0.2) is 9.59 Å². The van der Waals surface area contributed by atoms with Crippen molar-refractivity contribution < 1.29 is 29.3 Å². The molecule has 3 aromatic carbocycles. The molecule has 236 valence electrons. The average Bonchev–Trinajstić information content (AvgIpc) is 3.03. The summed E-state index contributed by atoms with van der Waals surface area (Å²) in [6.07, 6.45) is 7.06. The molecule has 3 unspecified atom stereocenters. The quantitative estimate of drug-likeness (QED) is 0.184. The van der Waals surface area contributed by atoms with Crippen molar-refractivity contribution in [3.8, 4) is 0 Å². The summed E-state index contributed by atoms with van der Waals surface area (Å²) in [5.74, 6) is 2.02. The zero-order valence-corrected chi connectivity index (χ0v) is 26.0. The number of hydrogen-bond donors (Lipinski definition) is 4. The lowest BCUT2D eigenvalue weighted by Gasteiger charge is -2.56. The van der Waals surface area contributed by atoms with Crippen LogP contribution < -0.4 is 10.6 Å². The van der Waals surface area contributed by atoms with Crippen molar-refractivity contribution in [2.45, 2.75) is 80.5 Å². The van der Waals surface area contributed by atoms with Gasteiger partial charge < -0.3 is 30.3 Å². The Morgan fingerprint density at radius 1 is 0.800 bits per heavy atom. The van der Waals surface area contributed by atoms with Gasteiger partial charge in [0, 0.05) is 33.9 Å². The Bertz CT molecular complexity index is 1470. The molecule has 2 amide bonds. The molecule has 4 aliphatic carbocycles. The normalized spacial score (nSPS) is 30.2. The van der Waals surface area contributed by atoms with E-state index in [1.165, 1.54) is 19.3 Å². The minimum Gasteiger partial charge on any atom is -0.478 e. The Morgan fingerprint density at radius 2 is 1.42 bits per heavy atom. The van der Waals surface area contributed by atoms with E-state index in [2.05, 4.69) is 10.6 Å². The molecular weight excluding hydrogens is 588 g/mol. The maximum atomic E-state index is 13.1. The lowest BCUT2D eigenvalue weighted by molar-refractivity contribution is -0.245. The van der Waals surface area contributed by atoms with E-state index in [1.807, 2.05) is 60.7 Å². The van der Waals surface area contributed by atoms with Crippen molar-refractivity contribution in [2.24, 2.45) is 17.8 Å². The smallest absolute Gasteiger partial charge is 0.335 e. The number of hydrogen-bond acceptors (Lipinski definition) is 6. The van der Waals surface area contributed by atoms with E-state index >= 15 is 0 Å². The molecule has 5 fully saturated rings. The maximum Gasteiger partial charge on any atom is 0.335 e. The number of carboxylic acid groups (broad SMARTS) is 1. The Balaban J connectivity index is 1.01. The zero-order chi connectivity index (χ0) is 31.0. The van der Waals surface area contributed by atoms with Crippen molar-refractivity contribution >= 4 is 29.4 Å². The van der Waals surface area contributed by atoms with Gasteiger partial charge in [-0.2, -0.15) is 0 Å². The summed E-state index contributed by atoms with van der Waals surface area (Å²) in [6, 6.07) is 22.2. The Kier molecular flexibility index (Phi) is 8.61. The SMILES string of the molecule is O=C(Nc1ccc(C2OC(CSc3ccc(C(=O)O)cc3)CC(c3ccc(CO)cc3)O2)cc1)NC12CC3CC(CC(C3)C1)C2. The third-order valence-electron chi connectivity index (χ3n) is 10.0. The largest absolute Gasteiger partial charge is 0.478 e. The molecule has 1 aliphatic heterocycles. The number of carboxylic acids is 1. The summed E-state index contributed by atoms with van der Waals surface area (Å²) in [5, 5.41) is 25.1. The number of aliphatic hydroxyl groups is 1. The number of benzene rings is 3. The molecule has 3 atom stereocenters. The van der Waals surface area contributed by atoms with Crippen LogP contribution in [0.3, 0.4) is 0 Å². The number of aliphatic hydroxyl groups excluding tert-OH is 1. The second-order valence-electron chi connectivity index (χ2n) is 13.4. The van der Waals surface area contributed by atoms with Gasteiger partial charge in [0.1, 0.15) is 0 Å². The fourth-order valence-electron chi connectivity index (χ4n) is 8.30. The number of carbonyl (C=O) groups excluding carboxylic acids is 1. The van der Waals surface area contributed by atoms with Gasteiger partial charge >= 0.3 is 12.0 Å². The van der Waals surface area contributed by atoms with Crippen molar-refractivity contribution in [3.63, 3.8) is 0 Å². The number of thioether (sulfide) groups is 1. The Hall–Kier alpha value is -3.37. The second-order valence-corrected chi connectivity index (χ2v) is 14.5. The van der Waals surface area contributed by atoms with E-state index in [9.17, 15) is 19.8 Å². The average molecular weight is 629 g/mol. The molecule has 1 saturated heterocycles. The third kappa shape index (κ3) is 6.92. The fraction of sp³-hybridized carbons (Fsp3) is 0.444. The standard InChI is InChI=1S/C36H40N2O6S/c39-20-22-1-3-26(4-2-22)32-16-30(21-45-31-11-7-27(8-12-31)33(40)41)43-34(44-32)28-5-9-29(10-6-28)37-35(42)38-36-17-23-13-24(18-36)15-25(14-23)19-36/h1-12,23-25,30,32,34,39H,13-21H2,(H,40,41)(H2,37,38,42). The highest BCUT2D eigenvalue weighted by Crippen LogP contribution is 2.55. The second kappa shape index (κ2) is 12.8. The van der Waals surface area contributed by atoms with Crippen LogP contribution in [0.4, 0.5) is 10.5 Å². The number of rotatable bonds is 9. The number of urea groups is 1. The van der Waals surface area contributed by atoms with Gasteiger partial charge in [0.05, 0.1) is 24.4 Å². The number of amides is 2. The first-order valence-electron chi connectivity index (χ1n) is 16.0. The van der Waals surface area contributed by atoms with E-state index in [1.54, 1.807) is 23.9 Å². The summed E-state index contributed by atoms with van der Waals surface area (Å²) in [6.45, 7) is -0.0155. The number of carbonyl (C=O) groups is 2. The molecule has 1 heterocycles. The fourth-order valence-corrected chi connectivity index (χ4v) is 9.22. The highest BCUT2D eigenvalue weighted by molar-refractivity contribution is 7.99. The van der Waals surface area contributed by atoms with Crippen molar-refractivity contribution in [3.05, 3.63) is 95.1 Å². The van der Waals surface area contributed by atoms with Gasteiger partial charge in [0.15, 0.2) is 6.29 Å². The van der Waals surface area contributed by atoms with Crippen LogP contribution in [-0.4, -0.2) is 39.6 Å². The van der Waals surface area contributed by atoms with Crippen molar-refractivity contribution in [1.29, 1.82) is 0 Å². The molecular formula is C36H40N2O6S. The number of ether oxygens (including phenoxy) is 2. The van der Waals surface area contributed by atoms with E-state index in [4.69, 9.17) is 9.47 Å². The van der Waals surface area contributed by atoms with Crippen LogP contribution in [0.1, 0.15) is 84.4 Å². The number of aromatic carboxylic acids is 1. The minimum absolute atomic E-state index is 0.0155. The van der Waals surface area contributed by atoms with Crippen molar-refractivity contribution in [1.82, 2.24) is 5.32 Å². The topological polar surface area (TPSA) is 117 Å². The third-order valence-corrected chi connectivity index (χ3v) is 11.2. The molecule has 4 bridgehead atoms. The van der Waals surface area contributed by atoms with Gasteiger partial charge in [-0.1, -0.05) is 36.4 Å². The van der Waals surface area contributed by atoms with E-state index in [0.29, 0.717) is 12.2 Å². The monoisotopic (exact) mass is 628 g/mol. The number of nitrogens with one attached hydrogen (secondary N) is 2. The van der Waals surface area contributed by atoms with E-state index in [-0.39, 0.29) is 35.9 Å². The van der Waals surface area contributed by atoms with E-state index in [0.717, 1.165) is 64.3 Å². The molecule has 3 aromatic rings. The summed E-state index contributed by atoms with van der Waals surface area (Å²) >= 11 is 1.62. The molecule has 8 rings (SSSR count). The zero-order valence-electron chi connectivity index (χ0n) is 25.2. The molecule has 4 saturated carbocycles. The molecule has 5 aliphatic rings. The van der Waals surface area contributed by atoms with Gasteiger partial charge in [0.25, 0.3) is 0 Å². The van der Waals surface area contributed by atoms with Crippen LogP contribution in [0, 0.1) is 17.8 Å². The molecule has 0 spiro atoms. The van der Waals surface area contributed by atoms with Crippen LogP contribution in [0.2, 0.25) is 0 Å².